The fraction of sp³-hybridized carbons (Fsp3) is 0.364. The molecule has 0 radical (unpaired) electrons. The van der Waals surface area contributed by atoms with Gasteiger partial charge in [-0.25, -0.2) is 4.98 Å². The van der Waals surface area contributed by atoms with Gasteiger partial charge in [-0.1, -0.05) is 29.2 Å². The molecule has 7 heteroatoms. The van der Waals surface area contributed by atoms with E-state index in [1.54, 1.807) is 34.9 Å². The summed E-state index contributed by atoms with van der Waals surface area (Å²) in [7, 11) is 0. The highest BCUT2D eigenvalue weighted by Crippen LogP contribution is 2.33. The van der Waals surface area contributed by atoms with Crippen molar-refractivity contribution in [3.8, 4) is 0 Å². The first-order chi connectivity index (χ1) is 8.72. The third-order valence-corrected chi connectivity index (χ3v) is 5.34. The number of nitrogens with zero attached hydrogens (tertiary/aromatic N) is 3. The van der Waals surface area contributed by atoms with Crippen LogP contribution in [0, 0.1) is 6.92 Å². The molecule has 96 valence electrons. The summed E-state index contributed by atoms with van der Waals surface area (Å²) in [5.74, 6) is 0. The first kappa shape index (κ1) is 13.8. The molecule has 0 bridgehead atoms. The molecule has 4 nitrogen and oxygen atoms in total. The molecule has 2 N–H and O–H groups in total. The van der Waals surface area contributed by atoms with Crippen LogP contribution < -0.4 is 5.73 Å². The third kappa shape index (κ3) is 3.44. The monoisotopic (exact) mass is 298 g/mol. The summed E-state index contributed by atoms with van der Waals surface area (Å²) in [5, 5.41) is 9.19. The Balaban J connectivity index is 2.13. The first-order valence-electron chi connectivity index (χ1n) is 5.44. The lowest BCUT2D eigenvalue weighted by Gasteiger charge is -2.04. The molecule has 0 saturated heterocycles. The maximum Gasteiger partial charge on any atom is 0.181 e. The zero-order valence-electron chi connectivity index (χ0n) is 10.2. The van der Waals surface area contributed by atoms with Gasteiger partial charge in [0.1, 0.15) is 5.03 Å². The molecule has 2 aromatic rings. The van der Waals surface area contributed by atoms with Crippen molar-refractivity contribution in [3.63, 3.8) is 0 Å². The average molecular weight is 298 g/mol. The van der Waals surface area contributed by atoms with Crippen LogP contribution in [0.5, 0.6) is 0 Å². The van der Waals surface area contributed by atoms with Gasteiger partial charge in [-0.05, 0) is 49.0 Å². The van der Waals surface area contributed by atoms with Crippen LogP contribution in [-0.2, 0) is 6.42 Å². The first-order valence-corrected chi connectivity index (χ1v) is 8.29. The van der Waals surface area contributed by atoms with Crippen molar-refractivity contribution in [1.82, 2.24) is 15.2 Å². The number of aromatic nitrogens is 3. The smallest absolute Gasteiger partial charge is 0.181 e. The zero-order valence-corrected chi connectivity index (χ0v) is 12.7. The van der Waals surface area contributed by atoms with E-state index in [0.29, 0.717) is 6.54 Å². The minimum atomic E-state index is 0.654. The van der Waals surface area contributed by atoms with E-state index >= 15 is 0 Å². The maximum absolute atomic E-state index is 5.54. The molecule has 0 spiro atoms. The Kier molecular flexibility index (Phi) is 4.99. The van der Waals surface area contributed by atoms with Gasteiger partial charge in [-0.3, -0.25) is 0 Å². The number of nitrogens with two attached hydrogens (primary N) is 1. The maximum atomic E-state index is 5.54. The van der Waals surface area contributed by atoms with E-state index in [9.17, 15) is 0 Å². The molecular weight excluding hydrogens is 284 g/mol. The van der Waals surface area contributed by atoms with Gasteiger partial charge in [0.25, 0.3) is 0 Å². The van der Waals surface area contributed by atoms with Crippen LogP contribution in [0.25, 0.3) is 0 Å². The lowest BCUT2D eigenvalue weighted by atomic mass is 10.2. The van der Waals surface area contributed by atoms with Crippen LogP contribution in [0.15, 0.2) is 26.0 Å². The highest BCUT2D eigenvalue weighted by molar-refractivity contribution is 8.03. The van der Waals surface area contributed by atoms with Gasteiger partial charge in [-0.2, -0.15) is 0 Å². The van der Waals surface area contributed by atoms with Gasteiger partial charge in [0, 0.05) is 6.20 Å². The van der Waals surface area contributed by atoms with Crippen LogP contribution in [0.3, 0.4) is 0 Å². The Morgan fingerprint density at radius 2 is 2.11 bits per heavy atom. The lowest BCUT2D eigenvalue weighted by Crippen LogP contribution is -2.03. The van der Waals surface area contributed by atoms with E-state index in [0.717, 1.165) is 25.7 Å². The van der Waals surface area contributed by atoms with Crippen molar-refractivity contribution in [1.29, 1.82) is 0 Å². The minimum Gasteiger partial charge on any atom is -0.330 e. The van der Waals surface area contributed by atoms with Crippen molar-refractivity contribution in [2.75, 3.05) is 12.8 Å². The Morgan fingerprint density at radius 3 is 2.72 bits per heavy atom. The molecule has 18 heavy (non-hydrogen) atoms. The summed E-state index contributed by atoms with van der Waals surface area (Å²) < 4.78 is 1.91. The van der Waals surface area contributed by atoms with E-state index in [1.165, 1.54) is 5.56 Å². The van der Waals surface area contributed by atoms with Crippen molar-refractivity contribution >= 4 is 34.9 Å². The van der Waals surface area contributed by atoms with Crippen LogP contribution in [0.4, 0.5) is 0 Å². The van der Waals surface area contributed by atoms with E-state index in [1.807, 2.05) is 12.5 Å². The molecule has 0 fully saturated rings. The van der Waals surface area contributed by atoms with Crippen LogP contribution >= 0.6 is 34.9 Å². The van der Waals surface area contributed by atoms with E-state index < -0.39 is 0 Å². The summed E-state index contributed by atoms with van der Waals surface area (Å²) in [4.78, 5) is 4.47. The largest absolute Gasteiger partial charge is 0.330 e. The molecule has 0 aliphatic carbocycles. The van der Waals surface area contributed by atoms with Crippen LogP contribution in [0.2, 0.25) is 0 Å². The van der Waals surface area contributed by atoms with Crippen LogP contribution in [0.1, 0.15) is 11.1 Å². The number of hydrogen-bond acceptors (Lipinski definition) is 7. The highest BCUT2D eigenvalue weighted by Gasteiger charge is 2.09. The molecule has 2 aromatic heterocycles. The lowest BCUT2D eigenvalue weighted by molar-refractivity contribution is 0.930. The summed E-state index contributed by atoms with van der Waals surface area (Å²) in [6.45, 7) is 2.72. The van der Waals surface area contributed by atoms with Gasteiger partial charge in [0.05, 0.1) is 0 Å². The fourth-order valence-electron chi connectivity index (χ4n) is 1.43. The topological polar surface area (TPSA) is 64.7 Å². The van der Waals surface area contributed by atoms with Gasteiger partial charge >= 0.3 is 0 Å². The quantitative estimate of drug-likeness (QED) is 0.856. The molecule has 2 rings (SSSR count). The summed E-state index contributed by atoms with van der Waals surface area (Å²) >= 11 is 4.77. The Bertz CT molecular complexity index is 527. The number of pyridine rings is 1. The third-order valence-electron chi connectivity index (χ3n) is 2.27. The Morgan fingerprint density at radius 1 is 1.33 bits per heavy atom. The van der Waals surface area contributed by atoms with Gasteiger partial charge in [0.15, 0.2) is 8.68 Å². The number of hydrogen-bond donors (Lipinski definition) is 1. The summed E-state index contributed by atoms with van der Waals surface area (Å²) in [6.07, 6.45) is 4.76. The number of aryl methyl sites for hydroxylation is 1. The second-order valence-corrected chi connectivity index (χ2v) is 6.91. The second-order valence-electron chi connectivity index (χ2n) is 3.64. The molecule has 0 amide bonds. The molecule has 0 saturated carbocycles. The predicted molar refractivity (Wildman–Crippen MR) is 77.5 cm³/mol. The minimum absolute atomic E-state index is 0.654. The van der Waals surface area contributed by atoms with Crippen molar-refractivity contribution < 1.29 is 0 Å². The SMILES string of the molecule is CSc1nnc(Sc2ncc(CCN)cc2C)s1. The van der Waals surface area contributed by atoms with Crippen LogP contribution in [-0.4, -0.2) is 28.0 Å². The van der Waals surface area contributed by atoms with Gasteiger partial charge in [-0.15, -0.1) is 10.2 Å². The molecule has 2 heterocycles. The average Bonchev–Trinajstić information content (AvgIpc) is 2.81. The molecule has 0 aromatic carbocycles. The molecule has 0 atom stereocenters. The van der Waals surface area contributed by atoms with Gasteiger partial charge < -0.3 is 5.73 Å². The highest BCUT2D eigenvalue weighted by atomic mass is 32.2. The molecule has 0 unspecified atom stereocenters. The Labute approximate surface area is 119 Å². The fourth-order valence-corrected chi connectivity index (χ4v) is 3.81. The van der Waals surface area contributed by atoms with Crippen molar-refractivity contribution in [3.05, 3.63) is 23.4 Å². The van der Waals surface area contributed by atoms with Crippen molar-refractivity contribution in [2.24, 2.45) is 5.73 Å². The zero-order chi connectivity index (χ0) is 13.0. The summed E-state index contributed by atoms with van der Waals surface area (Å²) in [5.41, 5.74) is 7.88. The molecule has 0 aliphatic heterocycles. The number of thioether (sulfide) groups is 1. The Hall–Kier alpha value is -0.630. The molecule has 0 aliphatic rings. The van der Waals surface area contributed by atoms with Crippen molar-refractivity contribution in [2.45, 2.75) is 27.0 Å². The van der Waals surface area contributed by atoms with Gasteiger partial charge in [0.2, 0.25) is 0 Å². The number of rotatable bonds is 5. The summed E-state index contributed by atoms with van der Waals surface area (Å²) in [6, 6.07) is 2.14. The predicted octanol–water partition coefficient (Wildman–Crippen LogP) is 2.62. The second kappa shape index (κ2) is 6.51. The normalized spacial score (nSPS) is 10.8. The standard InChI is InChI=1S/C11H14N4S3/c1-7-5-8(3-4-12)6-13-9(7)17-11-15-14-10(16-2)18-11/h5-6H,3-4,12H2,1-2H3. The molecular formula is C11H14N4S3. The van der Waals surface area contributed by atoms with E-state index in [2.05, 4.69) is 28.2 Å². The van der Waals surface area contributed by atoms with E-state index in [-0.39, 0.29) is 0 Å². The van der Waals surface area contributed by atoms with E-state index in [4.69, 9.17) is 5.73 Å².